The van der Waals surface area contributed by atoms with Crippen molar-refractivity contribution >= 4 is 22.6 Å². The Bertz CT molecular complexity index is 263. The molecule has 0 atom stereocenters. The molecule has 0 unspecified atom stereocenters. The number of allylic oxidation sites excluding steroid dienone is 3. The van der Waals surface area contributed by atoms with E-state index < -0.39 is 0 Å². The minimum Gasteiger partial charge on any atom is -0.481 e. The summed E-state index contributed by atoms with van der Waals surface area (Å²) in [6.45, 7) is 6.49. The van der Waals surface area contributed by atoms with E-state index in [0.29, 0.717) is 0 Å². The highest BCUT2D eigenvalue weighted by Crippen LogP contribution is 2.28. The summed E-state index contributed by atoms with van der Waals surface area (Å²) in [6, 6.07) is 0. The largest absolute Gasteiger partial charge is 0.481 e. The highest BCUT2D eigenvalue weighted by atomic mass is 127. The second-order valence-corrected chi connectivity index (χ2v) is 5.10. The molecule has 0 aromatic rings. The first-order chi connectivity index (χ1) is 5.95. The molecule has 13 heavy (non-hydrogen) atoms. The number of halogens is 1. The highest BCUT2D eigenvalue weighted by Gasteiger charge is 2.21. The molecule has 74 valence electrons. The van der Waals surface area contributed by atoms with Crippen molar-refractivity contribution in [2.24, 2.45) is 5.41 Å². The van der Waals surface area contributed by atoms with Gasteiger partial charge in [-0.05, 0) is 28.7 Å². The summed E-state index contributed by atoms with van der Waals surface area (Å²) in [7, 11) is 1.65. The van der Waals surface area contributed by atoms with Crippen LogP contribution in [-0.2, 0) is 4.74 Å². The van der Waals surface area contributed by atoms with Gasteiger partial charge in [0.25, 0.3) is 0 Å². The van der Waals surface area contributed by atoms with E-state index in [2.05, 4.69) is 60.3 Å². The van der Waals surface area contributed by atoms with Gasteiger partial charge >= 0.3 is 0 Å². The predicted octanol–water partition coefficient (Wildman–Crippen LogP) is 2.27. The highest BCUT2D eigenvalue weighted by molar-refractivity contribution is 14.1. The second kappa shape index (κ2) is 3.77. The molecular formula is C9H15IN2O. The lowest BCUT2D eigenvalue weighted by atomic mass is 9.91. The lowest BCUT2D eigenvalue weighted by molar-refractivity contribution is 0.243. The molecule has 3 nitrogen and oxygen atoms in total. The molecule has 0 aromatic heterocycles. The van der Waals surface area contributed by atoms with Crippen LogP contribution in [-0.4, -0.2) is 7.11 Å². The van der Waals surface area contributed by atoms with E-state index in [1.165, 1.54) is 0 Å². The van der Waals surface area contributed by atoms with Crippen molar-refractivity contribution < 1.29 is 4.74 Å². The maximum absolute atomic E-state index is 5.12. The smallest absolute Gasteiger partial charge is 0.219 e. The molecule has 0 aliphatic carbocycles. The topological polar surface area (TPSA) is 33.3 Å². The first-order valence-electron chi connectivity index (χ1n) is 4.13. The Labute approximate surface area is 92.7 Å². The molecule has 1 rings (SSSR count). The standard InChI is InChI=1S/C9H15IN2O/c1-9(2,3)7-5-6(10)8(13-4)12-11-7/h5,11-12H,1-4H3. The van der Waals surface area contributed by atoms with Crippen LogP contribution in [0.3, 0.4) is 0 Å². The lowest BCUT2D eigenvalue weighted by Gasteiger charge is -2.28. The summed E-state index contributed by atoms with van der Waals surface area (Å²) in [6.07, 6.45) is 2.09. The van der Waals surface area contributed by atoms with Crippen LogP contribution < -0.4 is 10.9 Å². The predicted molar refractivity (Wildman–Crippen MR) is 61.9 cm³/mol. The van der Waals surface area contributed by atoms with Crippen LogP contribution in [0.1, 0.15) is 20.8 Å². The third kappa shape index (κ3) is 2.52. The number of methoxy groups -OCH3 is 1. The van der Waals surface area contributed by atoms with Crippen LogP contribution >= 0.6 is 22.6 Å². The van der Waals surface area contributed by atoms with Crippen molar-refractivity contribution in [2.75, 3.05) is 7.11 Å². The van der Waals surface area contributed by atoms with E-state index in [4.69, 9.17) is 4.74 Å². The lowest BCUT2D eigenvalue weighted by Crippen LogP contribution is -2.38. The summed E-state index contributed by atoms with van der Waals surface area (Å²) >= 11 is 2.25. The summed E-state index contributed by atoms with van der Waals surface area (Å²) in [5.74, 6) is 0.772. The van der Waals surface area contributed by atoms with Gasteiger partial charge in [0.05, 0.1) is 10.7 Å². The number of rotatable bonds is 1. The van der Waals surface area contributed by atoms with Crippen molar-refractivity contribution in [1.29, 1.82) is 0 Å². The fourth-order valence-corrected chi connectivity index (χ4v) is 1.63. The van der Waals surface area contributed by atoms with Crippen LogP contribution in [0.25, 0.3) is 0 Å². The molecule has 0 bridgehead atoms. The van der Waals surface area contributed by atoms with Gasteiger partial charge in [-0.3, -0.25) is 5.43 Å². The average Bonchev–Trinajstić information content (AvgIpc) is 2.02. The zero-order valence-corrected chi connectivity index (χ0v) is 10.5. The van der Waals surface area contributed by atoms with Gasteiger partial charge in [-0.15, -0.1) is 0 Å². The fraction of sp³-hybridized carbons (Fsp3) is 0.556. The summed E-state index contributed by atoms with van der Waals surface area (Å²) in [5.41, 5.74) is 7.41. The summed E-state index contributed by atoms with van der Waals surface area (Å²) in [4.78, 5) is 0. The molecule has 0 aromatic carbocycles. The number of hydrogen-bond acceptors (Lipinski definition) is 3. The van der Waals surface area contributed by atoms with Gasteiger partial charge in [0.2, 0.25) is 5.88 Å². The van der Waals surface area contributed by atoms with E-state index in [1.807, 2.05) is 0 Å². The normalized spacial score (nSPS) is 17.5. The Morgan fingerprint density at radius 3 is 2.31 bits per heavy atom. The molecule has 1 aliphatic rings. The molecule has 0 fully saturated rings. The Morgan fingerprint density at radius 2 is 1.92 bits per heavy atom. The van der Waals surface area contributed by atoms with Crippen molar-refractivity contribution in [3.8, 4) is 0 Å². The van der Waals surface area contributed by atoms with Crippen LogP contribution in [0.5, 0.6) is 0 Å². The number of nitrogens with one attached hydrogen (secondary N) is 2. The molecule has 1 aliphatic heterocycles. The van der Waals surface area contributed by atoms with E-state index >= 15 is 0 Å². The first-order valence-corrected chi connectivity index (χ1v) is 5.21. The van der Waals surface area contributed by atoms with E-state index in [9.17, 15) is 0 Å². The number of hydrazine groups is 1. The summed E-state index contributed by atoms with van der Waals surface area (Å²) < 4.78 is 6.21. The average molecular weight is 294 g/mol. The SMILES string of the molecule is COC1=C(I)C=C(C(C)(C)C)NN1. The Hall–Kier alpha value is -0.390. The molecule has 0 amide bonds. The van der Waals surface area contributed by atoms with Crippen LogP contribution in [0, 0.1) is 5.41 Å². The van der Waals surface area contributed by atoms with Crippen LogP contribution in [0.15, 0.2) is 21.2 Å². The van der Waals surface area contributed by atoms with Crippen LogP contribution in [0.2, 0.25) is 0 Å². The van der Waals surface area contributed by atoms with Crippen molar-refractivity contribution in [3.63, 3.8) is 0 Å². The van der Waals surface area contributed by atoms with Gasteiger partial charge in [-0.25, -0.2) is 0 Å². The van der Waals surface area contributed by atoms with Crippen LogP contribution in [0.4, 0.5) is 0 Å². The third-order valence-corrected chi connectivity index (χ3v) is 2.61. The Morgan fingerprint density at radius 1 is 1.31 bits per heavy atom. The Balaban J connectivity index is 2.90. The van der Waals surface area contributed by atoms with Crippen molar-refractivity contribution in [2.45, 2.75) is 20.8 Å². The van der Waals surface area contributed by atoms with E-state index in [1.54, 1.807) is 7.11 Å². The number of ether oxygens (including phenoxy) is 1. The maximum atomic E-state index is 5.12. The van der Waals surface area contributed by atoms with Crippen molar-refractivity contribution in [3.05, 3.63) is 21.2 Å². The molecule has 2 N–H and O–H groups in total. The fourth-order valence-electron chi connectivity index (χ4n) is 0.965. The van der Waals surface area contributed by atoms with E-state index in [-0.39, 0.29) is 5.41 Å². The minimum atomic E-state index is 0.128. The van der Waals surface area contributed by atoms with Gasteiger partial charge < -0.3 is 10.2 Å². The monoisotopic (exact) mass is 294 g/mol. The minimum absolute atomic E-state index is 0.128. The van der Waals surface area contributed by atoms with Gasteiger partial charge in [-0.1, -0.05) is 20.8 Å². The molecule has 4 heteroatoms. The molecule has 0 saturated heterocycles. The van der Waals surface area contributed by atoms with Gasteiger partial charge in [0.1, 0.15) is 0 Å². The summed E-state index contributed by atoms with van der Waals surface area (Å²) in [5, 5.41) is 0. The zero-order chi connectivity index (χ0) is 10.1. The van der Waals surface area contributed by atoms with Gasteiger partial charge in [0.15, 0.2) is 0 Å². The van der Waals surface area contributed by atoms with Crippen molar-refractivity contribution in [1.82, 2.24) is 10.9 Å². The maximum Gasteiger partial charge on any atom is 0.219 e. The quantitative estimate of drug-likeness (QED) is 0.728. The molecular weight excluding hydrogens is 279 g/mol. The molecule has 1 heterocycles. The van der Waals surface area contributed by atoms with Gasteiger partial charge in [0, 0.05) is 11.1 Å². The first kappa shape index (κ1) is 10.7. The molecule has 0 spiro atoms. The van der Waals surface area contributed by atoms with E-state index in [0.717, 1.165) is 15.2 Å². The third-order valence-electron chi connectivity index (χ3n) is 1.81. The second-order valence-electron chi connectivity index (χ2n) is 3.94. The number of hydrogen-bond donors (Lipinski definition) is 2. The molecule has 0 radical (unpaired) electrons. The zero-order valence-electron chi connectivity index (χ0n) is 8.36. The molecule has 0 saturated carbocycles. The Kier molecular flexibility index (Phi) is 3.10. The van der Waals surface area contributed by atoms with Gasteiger partial charge in [-0.2, -0.15) is 0 Å².